The van der Waals surface area contributed by atoms with Gasteiger partial charge in [0.25, 0.3) is 0 Å². The van der Waals surface area contributed by atoms with Crippen LogP contribution in [0.3, 0.4) is 0 Å². The SMILES string of the molecule is O=C(O)[C@H]1CC[C@H](C(=O)Nc2ccc(Br)c3c2CN(Cc2ccc4c(c2)OCO4)CC3)CC1. The Balaban J connectivity index is 1.28. The number of amides is 1. The summed E-state index contributed by atoms with van der Waals surface area (Å²) in [5.41, 5.74) is 4.40. The molecule has 174 valence electrons. The average molecular weight is 515 g/mol. The first kappa shape index (κ1) is 22.2. The molecule has 3 aliphatic rings. The van der Waals surface area contributed by atoms with Crippen LogP contribution in [0.15, 0.2) is 34.8 Å². The van der Waals surface area contributed by atoms with Crippen LogP contribution in [0.1, 0.15) is 42.4 Å². The van der Waals surface area contributed by atoms with Gasteiger partial charge in [0.05, 0.1) is 5.92 Å². The fourth-order valence-electron chi connectivity index (χ4n) is 5.07. The van der Waals surface area contributed by atoms with E-state index >= 15 is 0 Å². The van der Waals surface area contributed by atoms with Gasteiger partial charge in [-0.05, 0) is 73.1 Å². The standard InChI is InChI=1S/C25H27BrN2O5/c26-20-6-7-21(27-24(29)16-2-4-17(5-3-16)25(30)31)19-13-28(10-9-18(19)20)12-15-1-8-22-23(11-15)33-14-32-22/h1,6-8,11,16-17H,2-5,9-10,12-14H2,(H,27,29)(H,30,31)/t16-,17-. The highest BCUT2D eigenvalue weighted by Gasteiger charge is 2.31. The van der Waals surface area contributed by atoms with Gasteiger partial charge in [-0.3, -0.25) is 14.5 Å². The molecular weight excluding hydrogens is 488 g/mol. The van der Waals surface area contributed by atoms with E-state index in [1.807, 2.05) is 24.3 Å². The zero-order valence-corrected chi connectivity index (χ0v) is 19.9. The minimum Gasteiger partial charge on any atom is -0.481 e. The molecule has 0 bridgehead atoms. The Bertz CT molecular complexity index is 1080. The number of carboxylic acid groups (broad SMARTS) is 1. The smallest absolute Gasteiger partial charge is 0.306 e. The van der Waals surface area contributed by atoms with Crippen molar-refractivity contribution >= 4 is 33.5 Å². The predicted molar refractivity (Wildman–Crippen MR) is 126 cm³/mol. The molecule has 0 atom stereocenters. The lowest BCUT2D eigenvalue weighted by Crippen LogP contribution is -2.33. The number of carbonyl (C=O) groups excluding carboxylic acids is 1. The van der Waals surface area contributed by atoms with E-state index in [-0.39, 0.29) is 24.5 Å². The third kappa shape index (κ3) is 4.73. The molecule has 0 saturated heterocycles. The molecule has 33 heavy (non-hydrogen) atoms. The summed E-state index contributed by atoms with van der Waals surface area (Å²) in [7, 11) is 0. The van der Waals surface area contributed by atoms with E-state index in [1.54, 1.807) is 0 Å². The van der Waals surface area contributed by atoms with E-state index in [0.29, 0.717) is 25.7 Å². The van der Waals surface area contributed by atoms with Crippen molar-refractivity contribution in [3.63, 3.8) is 0 Å². The summed E-state index contributed by atoms with van der Waals surface area (Å²) < 4.78 is 12.0. The first-order valence-corrected chi connectivity index (χ1v) is 12.2. The summed E-state index contributed by atoms with van der Waals surface area (Å²) in [5.74, 6) is 0.370. The average Bonchev–Trinajstić information content (AvgIpc) is 3.29. The van der Waals surface area contributed by atoms with Gasteiger partial charge in [-0.2, -0.15) is 0 Å². The molecule has 2 aromatic rings. The fraction of sp³-hybridized carbons (Fsp3) is 0.440. The molecule has 7 nitrogen and oxygen atoms in total. The number of benzene rings is 2. The van der Waals surface area contributed by atoms with Gasteiger partial charge in [0, 0.05) is 35.7 Å². The van der Waals surface area contributed by atoms with Crippen molar-refractivity contribution in [2.24, 2.45) is 11.8 Å². The Morgan fingerprint density at radius 3 is 2.58 bits per heavy atom. The Morgan fingerprint density at radius 2 is 1.79 bits per heavy atom. The molecule has 1 aliphatic carbocycles. The Kier molecular flexibility index (Phi) is 6.29. The van der Waals surface area contributed by atoms with Gasteiger partial charge < -0.3 is 19.9 Å². The second-order valence-electron chi connectivity index (χ2n) is 9.08. The first-order valence-electron chi connectivity index (χ1n) is 11.4. The molecule has 1 saturated carbocycles. The van der Waals surface area contributed by atoms with Gasteiger partial charge in [-0.1, -0.05) is 22.0 Å². The minimum atomic E-state index is -0.751. The number of halogens is 1. The van der Waals surface area contributed by atoms with Crippen LogP contribution in [0.5, 0.6) is 11.5 Å². The minimum absolute atomic E-state index is 0.00347. The highest BCUT2D eigenvalue weighted by molar-refractivity contribution is 9.10. The number of aliphatic carboxylic acids is 1. The molecule has 0 aromatic heterocycles. The monoisotopic (exact) mass is 514 g/mol. The third-order valence-corrected chi connectivity index (χ3v) is 7.72. The van der Waals surface area contributed by atoms with Crippen molar-refractivity contribution in [3.05, 3.63) is 51.5 Å². The van der Waals surface area contributed by atoms with E-state index in [0.717, 1.165) is 53.3 Å². The van der Waals surface area contributed by atoms with Crippen LogP contribution in [0.2, 0.25) is 0 Å². The van der Waals surface area contributed by atoms with Crippen LogP contribution in [-0.4, -0.2) is 35.2 Å². The maximum Gasteiger partial charge on any atom is 0.306 e. The molecule has 0 spiro atoms. The summed E-state index contributed by atoms with van der Waals surface area (Å²) in [6, 6.07) is 10.0. The Hall–Kier alpha value is -2.58. The fourth-order valence-corrected chi connectivity index (χ4v) is 5.64. The number of hydrogen-bond acceptors (Lipinski definition) is 5. The van der Waals surface area contributed by atoms with E-state index in [2.05, 4.69) is 32.2 Å². The van der Waals surface area contributed by atoms with Crippen LogP contribution in [0, 0.1) is 11.8 Å². The van der Waals surface area contributed by atoms with Gasteiger partial charge in [-0.15, -0.1) is 0 Å². The van der Waals surface area contributed by atoms with Crippen molar-refractivity contribution in [1.29, 1.82) is 0 Å². The molecule has 1 fully saturated rings. The normalized spacial score (nSPS) is 22.0. The molecular formula is C25H27BrN2O5. The van der Waals surface area contributed by atoms with Gasteiger partial charge in [0.1, 0.15) is 0 Å². The number of carboxylic acids is 1. The quantitative estimate of drug-likeness (QED) is 0.607. The summed E-state index contributed by atoms with van der Waals surface area (Å²) in [5, 5.41) is 12.4. The van der Waals surface area contributed by atoms with Gasteiger partial charge >= 0.3 is 5.97 Å². The molecule has 1 amide bonds. The number of ether oxygens (including phenoxy) is 2. The van der Waals surface area contributed by atoms with Crippen molar-refractivity contribution in [3.8, 4) is 11.5 Å². The molecule has 0 radical (unpaired) electrons. The molecule has 5 rings (SSSR count). The molecule has 0 unspecified atom stereocenters. The number of fused-ring (bicyclic) bond motifs is 2. The first-order chi connectivity index (χ1) is 16.0. The van der Waals surface area contributed by atoms with Crippen LogP contribution in [0.25, 0.3) is 0 Å². The predicted octanol–water partition coefficient (Wildman–Crippen LogP) is 4.57. The highest BCUT2D eigenvalue weighted by atomic mass is 79.9. The molecule has 2 aromatic carbocycles. The lowest BCUT2D eigenvalue weighted by Gasteiger charge is -2.32. The van der Waals surface area contributed by atoms with Crippen molar-refractivity contribution in [1.82, 2.24) is 4.90 Å². The topological polar surface area (TPSA) is 88.1 Å². The number of nitrogens with one attached hydrogen (secondary N) is 1. The van der Waals surface area contributed by atoms with E-state index in [1.165, 1.54) is 11.1 Å². The zero-order chi connectivity index (χ0) is 22.9. The number of carbonyl (C=O) groups is 2. The molecule has 8 heteroatoms. The number of anilines is 1. The van der Waals surface area contributed by atoms with Crippen LogP contribution < -0.4 is 14.8 Å². The molecule has 2 heterocycles. The molecule has 2 N–H and O–H groups in total. The Morgan fingerprint density at radius 1 is 1.03 bits per heavy atom. The highest BCUT2D eigenvalue weighted by Crippen LogP contribution is 2.36. The van der Waals surface area contributed by atoms with Crippen molar-refractivity contribution in [2.45, 2.75) is 45.2 Å². The molecule has 2 aliphatic heterocycles. The summed E-state index contributed by atoms with van der Waals surface area (Å²) >= 11 is 3.68. The van der Waals surface area contributed by atoms with Gasteiger partial charge in [0.15, 0.2) is 11.5 Å². The largest absolute Gasteiger partial charge is 0.481 e. The summed E-state index contributed by atoms with van der Waals surface area (Å²) in [4.78, 5) is 26.6. The lowest BCUT2D eigenvalue weighted by molar-refractivity contribution is -0.143. The summed E-state index contributed by atoms with van der Waals surface area (Å²) in [6.45, 7) is 2.72. The van der Waals surface area contributed by atoms with Crippen LogP contribution >= 0.6 is 15.9 Å². The van der Waals surface area contributed by atoms with Gasteiger partial charge in [-0.25, -0.2) is 0 Å². The Labute approximate surface area is 201 Å². The van der Waals surface area contributed by atoms with Crippen LogP contribution in [0.4, 0.5) is 5.69 Å². The van der Waals surface area contributed by atoms with Crippen LogP contribution in [-0.2, 0) is 29.1 Å². The maximum absolute atomic E-state index is 13.0. The van der Waals surface area contributed by atoms with Crippen molar-refractivity contribution < 1.29 is 24.2 Å². The van der Waals surface area contributed by atoms with Gasteiger partial charge in [0.2, 0.25) is 12.7 Å². The van der Waals surface area contributed by atoms with E-state index in [4.69, 9.17) is 9.47 Å². The zero-order valence-electron chi connectivity index (χ0n) is 18.3. The number of nitrogens with zero attached hydrogens (tertiary/aromatic N) is 1. The maximum atomic E-state index is 13.0. The van der Waals surface area contributed by atoms with Crippen molar-refractivity contribution in [2.75, 3.05) is 18.7 Å². The lowest BCUT2D eigenvalue weighted by atomic mass is 9.81. The summed E-state index contributed by atoms with van der Waals surface area (Å²) in [6.07, 6.45) is 3.27. The van der Waals surface area contributed by atoms with E-state index < -0.39 is 5.97 Å². The third-order valence-electron chi connectivity index (χ3n) is 6.98. The second-order valence-corrected chi connectivity index (χ2v) is 9.93. The number of hydrogen-bond donors (Lipinski definition) is 2. The second kappa shape index (κ2) is 9.35. The number of rotatable bonds is 5. The van der Waals surface area contributed by atoms with E-state index in [9.17, 15) is 14.7 Å².